The molecule has 0 unspecified atom stereocenters. The average Bonchev–Trinajstić information content (AvgIpc) is 3.66. The van der Waals surface area contributed by atoms with Crippen molar-refractivity contribution in [3.8, 4) is 55.9 Å². The Balaban J connectivity index is 0.000000185. The van der Waals surface area contributed by atoms with Gasteiger partial charge in [0.1, 0.15) is 5.58 Å². The number of aryl methyl sites for hydroxylation is 3. The third-order valence-electron chi connectivity index (χ3n) is 10.3. The van der Waals surface area contributed by atoms with E-state index < -0.39 is 0 Å². The molecule has 0 amide bonds. The third-order valence-corrected chi connectivity index (χ3v) is 10.3. The molecular weight excluding hydrogens is 875 g/mol. The molecule has 0 saturated heterocycles. The van der Waals surface area contributed by atoms with Crippen molar-refractivity contribution < 1.29 is 24.5 Å². The van der Waals surface area contributed by atoms with E-state index in [0.717, 1.165) is 77.5 Å². The van der Waals surface area contributed by atoms with Crippen molar-refractivity contribution in [2.45, 2.75) is 20.8 Å². The predicted octanol–water partition coefficient (Wildman–Crippen LogP) is 13.5. The minimum absolute atomic E-state index is 0. The maximum Gasteiger partial charge on any atom is 0.129 e. The molecule has 0 aliphatic carbocycles. The summed E-state index contributed by atoms with van der Waals surface area (Å²) in [5.41, 5.74) is 15.9. The van der Waals surface area contributed by atoms with Crippen LogP contribution in [0.5, 0.6) is 0 Å². The zero-order valence-corrected chi connectivity index (χ0v) is 34.1. The molecule has 5 heteroatoms. The van der Waals surface area contributed by atoms with Crippen molar-refractivity contribution in [2.24, 2.45) is 0 Å². The number of pyridine rings is 3. The zero-order valence-electron chi connectivity index (χ0n) is 31.7. The van der Waals surface area contributed by atoms with E-state index in [0.29, 0.717) is 0 Å². The standard InChI is InChI=1S/C33H21N2O.C19H16N.Ir/c1-21-13-14-26(25-10-5-9-23-15-17-34-20-29(23)25)33-31(21)28-12-6-11-27(32(28)36-33)30-19-24(16-18-35-30)22-7-3-2-4-8-22;1-14-8-10-17(11-9-14)19-12-18(15(2)13-20-19)16-6-4-3-5-7-16;/h2-10,12-20H,1H3;3-10,12-13H,1-2H3;/q2*-1;. The molecule has 0 aliphatic heterocycles. The number of fused-ring (bicyclic) bond motifs is 4. The van der Waals surface area contributed by atoms with Crippen molar-refractivity contribution >= 4 is 32.7 Å². The van der Waals surface area contributed by atoms with E-state index in [2.05, 4.69) is 152 Å². The Labute approximate surface area is 346 Å². The van der Waals surface area contributed by atoms with Gasteiger partial charge in [0.2, 0.25) is 0 Å². The van der Waals surface area contributed by atoms with Crippen LogP contribution in [0.1, 0.15) is 16.7 Å². The van der Waals surface area contributed by atoms with Crippen LogP contribution in [0.4, 0.5) is 0 Å². The second-order valence-electron chi connectivity index (χ2n) is 14.1. The molecule has 0 aliphatic rings. The Kier molecular flexibility index (Phi) is 10.7. The smallest absolute Gasteiger partial charge is 0.129 e. The van der Waals surface area contributed by atoms with Gasteiger partial charge in [0.25, 0.3) is 0 Å². The van der Waals surface area contributed by atoms with Gasteiger partial charge in [-0.1, -0.05) is 121 Å². The molecule has 0 spiro atoms. The van der Waals surface area contributed by atoms with E-state index >= 15 is 0 Å². The quantitative estimate of drug-likeness (QED) is 0.161. The monoisotopic (exact) mass is 912 g/mol. The first-order chi connectivity index (χ1) is 27.5. The van der Waals surface area contributed by atoms with E-state index in [1.54, 1.807) is 0 Å². The largest absolute Gasteiger partial charge is 0.500 e. The summed E-state index contributed by atoms with van der Waals surface area (Å²) in [6, 6.07) is 56.7. The summed E-state index contributed by atoms with van der Waals surface area (Å²) in [5, 5.41) is 4.46. The average molecular weight is 912 g/mol. The fourth-order valence-electron chi connectivity index (χ4n) is 7.40. The number of nitrogens with zero attached hydrogens (tertiary/aromatic N) is 3. The molecule has 4 heterocycles. The number of furan rings is 1. The second kappa shape index (κ2) is 16.3. The second-order valence-corrected chi connectivity index (χ2v) is 14.1. The molecule has 10 aromatic rings. The summed E-state index contributed by atoms with van der Waals surface area (Å²) in [7, 11) is 0. The van der Waals surface area contributed by atoms with Gasteiger partial charge in [-0.2, -0.15) is 0 Å². The van der Waals surface area contributed by atoms with Crippen LogP contribution < -0.4 is 0 Å². The molecular formula is C52H37IrN3O-2. The molecule has 10 rings (SSSR count). The first-order valence-electron chi connectivity index (χ1n) is 18.7. The molecule has 0 atom stereocenters. The van der Waals surface area contributed by atoms with Crippen molar-refractivity contribution in [1.29, 1.82) is 0 Å². The van der Waals surface area contributed by atoms with Crippen molar-refractivity contribution in [3.63, 3.8) is 0 Å². The van der Waals surface area contributed by atoms with E-state index in [9.17, 15) is 0 Å². The molecule has 57 heavy (non-hydrogen) atoms. The molecule has 4 nitrogen and oxygen atoms in total. The van der Waals surface area contributed by atoms with Crippen LogP contribution in [0.25, 0.3) is 88.6 Å². The SMILES string of the molecule is Cc1c[c-]c(-c2cc(-c3ccccc3)c(C)cn2)cc1.Cc1ccc(-c2cccc3ccncc23)c2oc3c(-c4cc(-c5ccccc5)ccn4)[c-]ccc3c12.[Ir]. The molecule has 0 bridgehead atoms. The summed E-state index contributed by atoms with van der Waals surface area (Å²) < 4.78 is 6.71. The predicted molar refractivity (Wildman–Crippen MR) is 230 cm³/mol. The summed E-state index contributed by atoms with van der Waals surface area (Å²) in [6.45, 7) is 6.30. The topological polar surface area (TPSA) is 51.8 Å². The normalized spacial score (nSPS) is 10.9. The van der Waals surface area contributed by atoms with Gasteiger partial charge >= 0.3 is 0 Å². The van der Waals surface area contributed by atoms with Crippen LogP contribution in [0.3, 0.4) is 0 Å². The number of aromatic nitrogens is 3. The number of hydrogen-bond acceptors (Lipinski definition) is 4. The summed E-state index contributed by atoms with van der Waals surface area (Å²) in [6.07, 6.45) is 7.55. The Morgan fingerprint density at radius 2 is 1.33 bits per heavy atom. The Morgan fingerprint density at radius 1 is 0.526 bits per heavy atom. The van der Waals surface area contributed by atoms with E-state index in [-0.39, 0.29) is 20.1 Å². The van der Waals surface area contributed by atoms with Crippen LogP contribution >= 0.6 is 0 Å². The van der Waals surface area contributed by atoms with Crippen LogP contribution in [-0.4, -0.2) is 15.0 Å². The van der Waals surface area contributed by atoms with Gasteiger partial charge in [-0.05, 0) is 81.7 Å². The third kappa shape index (κ3) is 7.44. The van der Waals surface area contributed by atoms with Crippen molar-refractivity contribution in [2.75, 3.05) is 0 Å². The van der Waals surface area contributed by atoms with Gasteiger partial charge in [-0.15, -0.1) is 53.6 Å². The molecule has 0 saturated carbocycles. The van der Waals surface area contributed by atoms with Gasteiger partial charge in [0.05, 0.1) is 5.58 Å². The molecule has 4 aromatic heterocycles. The van der Waals surface area contributed by atoms with Crippen LogP contribution in [0, 0.1) is 32.9 Å². The summed E-state index contributed by atoms with van der Waals surface area (Å²) in [5.74, 6) is 0. The van der Waals surface area contributed by atoms with E-state index in [4.69, 9.17) is 9.40 Å². The summed E-state index contributed by atoms with van der Waals surface area (Å²) >= 11 is 0. The molecule has 0 fully saturated rings. The van der Waals surface area contributed by atoms with E-state index in [1.807, 2.05) is 61.2 Å². The van der Waals surface area contributed by atoms with Crippen LogP contribution in [-0.2, 0) is 20.1 Å². The minimum atomic E-state index is 0. The van der Waals surface area contributed by atoms with E-state index in [1.165, 1.54) is 27.8 Å². The minimum Gasteiger partial charge on any atom is -0.500 e. The maximum atomic E-state index is 6.71. The van der Waals surface area contributed by atoms with Gasteiger partial charge in [0, 0.05) is 61.2 Å². The molecule has 277 valence electrons. The zero-order chi connectivity index (χ0) is 38.0. The number of hydrogen-bond donors (Lipinski definition) is 0. The van der Waals surface area contributed by atoms with Crippen molar-refractivity contribution in [3.05, 3.63) is 199 Å². The fraction of sp³-hybridized carbons (Fsp3) is 0.0577. The Hall–Kier alpha value is -6.52. The van der Waals surface area contributed by atoms with Crippen LogP contribution in [0.15, 0.2) is 175 Å². The molecule has 6 aromatic carbocycles. The van der Waals surface area contributed by atoms with Gasteiger partial charge < -0.3 is 14.4 Å². The maximum absolute atomic E-state index is 6.71. The Morgan fingerprint density at radius 3 is 2.12 bits per heavy atom. The van der Waals surface area contributed by atoms with Gasteiger partial charge in [0.15, 0.2) is 0 Å². The van der Waals surface area contributed by atoms with Gasteiger partial charge in [-0.3, -0.25) is 4.98 Å². The molecule has 1 radical (unpaired) electrons. The number of rotatable bonds is 5. The van der Waals surface area contributed by atoms with Crippen molar-refractivity contribution in [1.82, 2.24) is 15.0 Å². The number of benzene rings is 6. The first-order valence-corrected chi connectivity index (χ1v) is 18.7. The molecule has 0 N–H and O–H groups in total. The first kappa shape index (κ1) is 37.4. The van der Waals surface area contributed by atoms with Gasteiger partial charge in [-0.25, -0.2) is 0 Å². The summed E-state index contributed by atoms with van der Waals surface area (Å²) in [4.78, 5) is 13.6. The Bertz CT molecular complexity index is 2990. The van der Waals surface area contributed by atoms with Crippen LogP contribution in [0.2, 0.25) is 0 Å². The fourth-order valence-corrected chi connectivity index (χ4v) is 7.40.